The number of phenols is 1. The van der Waals surface area contributed by atoms with Crippen LogP contribution in [0.2, 0.25) is 0 Å². The van der Waals surface area contributed by atoms with Crippen LogP contribution in [0, 0.1) is 0 Å². The van der Waals surface area contributed by atoms with Crippen molar-refractivity contribution in [3.05, 3.63) is 29.8 Å². The van der Waals surface area contributed by atoms with Crippen LogP contribution in [0.4, 0.5) is 0 Å². The molecular formula is C11H17NO. The molecule has 0 heterocycles. The summed E-state index contributed by atoms with van der Waals surface area (Å²) in [5, 5.41) is 9.14. The molecule has 0 aliphatic carbocycles. The van der Waals surface area contributed by atoms with Gasteiger partial charge in [-0.15, -0.1) is 0 Å². The predicted octanol–water partition coefficient (Wildman–Crippen LogP) is 2.02. The number of phenolic OH excluding ortho intramolecular Hbond substituents is 1. The zero-order chi connectivity index (χ0) is 9.90. The Bertz CT molecular complexity index is 262. The Morgan fingerprint density at radius 2 is 1.85 bits per heavy atom. The molecule has 72 valence electrons. The number of hydrogen-bond acceptors (Lipinski definition) is 2. The van der Waals surface area contributed by atoms with Crippen molar-refractivity contribution in [2.75, 3.05) is 6.54 Å². The van der Waals surface area contributed by atoms with Crippen molar-refractivity contribution >= 4 is 0 Å². The van der Waals surface area contributed by atoms with E-state index in [4.69, 9.17) is 10.8 Å². The average Bonchev–Trinajstić information content (AvgIpc) is 2.18. The Labute approximate surface area is 79.4 Å². The van der Waals surface area contributed by atoms with E-state index in [1.165, 1.54) is 5.56 Å². The molecule has 1 aromatic carbocycles. The summed E-state index contributed by atoms with van der Waals surface area (Å²) in [6, 6.07) is 7.29. The molecule has 0 fully saturated rings. The zero-order valence-electron chi connectivity index (χ0n) is 8.25. The van der Waals surface area contributed by atoms with E-state index in [-0.39, 0.29) is 5.41 Å². The van der Waals surface area contributed by atoms with Gasteiger partial charge in [-0.1, -0.05) is 26.0 Å². The Morgan fingerprint density at radius 3 is 2.23 bits per heavy atom. The van der Waals surface area contributed by atoms with E-state index in [1.54, 1.807) is 12.1 Å². The molecule has 0 aromatic heterocycles. The molecule has 0 radical (unpaired) electrons. The lowest BCUT2D eigenvalue weighted by atomic mass is 9.80. The lowest BCUT2D eigenvalue weighted by molar-refractivity contribution is 0.459. The Hall–Kier alpha value is -1.02. The number of hydrogen-bond donors (Lipinski definition) is 2. The fraction of sp³-hybridized carbons (Fsp3) is 0.455. The van der Waals surface area contributed by atoms with Gasteiger partial charge in [0.2, 0.25) is 0 Å². The summed E-state index contributed by atoms with van der Waals surface area (Å²) in [5.41, 5.74) is 6.95. The first-order valence-electron chi connectivity index (χ1n) is 4.62. The minimum absolute atomic E-state index is 0.0354. The van der Waals surface area contributed by atoms with Gasteiger partial charge in [-0.25, -0.2) is 0 Å². The topological polar surface area (TPSA) is 46.2 Å². The number of rotatable bonds is 3. The third kappa shape index (κ3) is 2.01. The van der Waals surface area contributed by atoms with E-state index in [0.29, 0.717) is 12.3 Å². The maximum absolute atomic E-state index is 9.14. The summed E-state index contributed by atoms with van der Waals surface area (Å²) >= 11 is 0. The quantitative estimate of drug-likeness (QED) is 0.745. The van der Waals surface area contributed by atoms with Crippen LogP contribution in [0.25, 0.3) is 0 Å². The summed E-state index contributed by atoms with van der Waals surface area (Å²) in [4.78, 5) is 0. The second kappa shape index (κ2) is 3.79. The smallest absolute Gasteiger partial charge is 0.115 e. The highest BCUT2D eigenvalue weighted by Gasteiger charge is 2.22. The highest BCUT2D eigenvalue weighted by Crippen LogP contribution is 2.27. The lowest BCUT2D eigenvalue weighted by Gasteiger charge is -2.26. The molecule has 0 saturated carbocycles. The Morgan fingerprint density at radius 1 is 1.31 bits per heavy atom. The molecular weight excluding hydrogens is 162 g/mol. The Kier molecular flexibility index (Phi) is 2.94. The van der Waals surface area contributed by atoms with Gasteiger partial charge in [0.05, 0.1) is 0 Å². The summed E-state index contributed by atoms with van der Waals surface area (Å²) in [7, 11) is 0. The molecule has 1 unspecified atom stereocenters. The maximum Gasteiger partial charge on any atom is 0.115 e. The molecule has 13 heavy (non-hydrogen) atoms. The van der Waals surface area contributed by atoms with Gasteiger partial charge in [-0.05, 0) is 24.1 Å². The summed E-state index contributed by atoms with van der Waals surface area (Å²) in [6.07, 6.45) is 1.01. The van der Waals surface area contributed by atoms with Crippen LogP contribution < -0.4 is 5.73 Å². The molecule has 1 aromatic rings. The van der Waals surface area contributed by atoms with Crippen molar-refractivity contribution in [2.45, 2.75) is 25.7 Å². The van der Waals surface area contributed by atoms with Crippen molar-refractivity contribution in [2.24, 2.45) is 5.73 Å². The molecule has 0 saturated heterocycles. The highest BCUT2D eigenvalue weighted by molar-refractivity contribution is 5.31. The first kappa shape index (κ1) is 10.1. The first-order valence-corrected chi connectivity index (χ1v) is 4.62. The molecule has 1 atom stereocenters. The van der Waals surface area contributed by atoms with Crippen molar-refractivity contribution in [3.63, 3.8) is 0 Å². The fourth-order valence-electron chi connectivity index (χ4n) is 1.33. The van der Waals surface area contributed by atoms with E-state index >= 15 is 0 Å². The van der Waals surface area contributed by atoms with Crippen LogP contribution in [0.15, 0.2) is 24.3 Å². The van der Waals surface area contributed by atoms with Gasteiger partial charge in [0, 0.05) is 12.0 Å². The number of benzene rings is 1. The Balaban J connectivity index is 2.99. The van der Waals surface area contributed by atoms with Gasteiger partial charge in [-0.3, -0.25) is 0 Å². The zero-order valence-corrected chi connectivity index (χ0v) is 8.25. The largest absolute Gasteiger partial charge is 0.508 e. The van der Waals surface area contributed by atoms with E-state index in [1.807, 2.05) is 12.1 Å². The van der Waals surface area contributed by atoms with Crippen molar-refractivity contribution in [1.29, 1.82) is 0 Å². The number of aromatic hydroxyl groups is 1. The van der Waals surface area contributed by atoms with Gasteiger partial charge >= 0.3 is 0 Å². The number of nitrogens with two attached hydrogens (primary N) is 1. The van der Waals surface area contributed by atoms with Crippen molar-refractivity contribution in [1.82, 2.24) is 0 Å². The summed E-state index contributed by atoms with van der Waals surface area (Å²) < 4.78 is 0. The van der Waals surface area contributed by atoms with Crippen molar-refractivity contribution < 1.29 is 5.11 Å². The van der Waals surface area contributed by atoms with Gasteiger partial charge in [-0.2, -0.15) is 0 Å². The molecule has 0 aliphatic rings. The van der Waals surface area contributed by atoms with Gasteiger partial charge in [0.25, 0.3) is 0 Å². The summed E-state index contributed by atoms with van der Waals surface area (Å²) in [6.45, 7) is 4.90. The van der Waals surface area contributed by atoms with E-state index < -0.39 is 0 Å². The van der Waals surface area contributed by atoms with Crippen LogP contribution >= 0.6 is 0 Å². The molecule has 2 nitrogen and oxygen atoms in total. The van der Waals surface area contributed by atoms with Crippen LogP contribution in [-0.2, 0) is 5.41 Å². The molecule has 0 bridgehead atoms. The summed E-state index contributed by atoms with van der Waals surface area (Å²) in [5.74, 6) is 0.305. The normalized spacial score (nSPS) is 15.3. The SMILES string of the molecule is CCC(C)(CN)c1ccc(O)cc1. The first-order chi connectivity index (χ1) is 6.12. The van der Waals surface area contributed by atoms with E-state index in [2.05, 4.69) is 13.8 Å². The van der Waals surface area contributed by atoms with Crippen LogP contribution in [-0.4, -0.2) is 11.7 Å². The van der Waals surface area contributed by atoms with Crippen LogP contribution in [0.3, 0.4) is 0 Å². The minimum atomic E-state index is 0.0354. The molecule has 0 aliphatic heterocycles. The second-order valence-electron chi connectivity index (χ2n) is 3.67. The third-order valence-electron chi connectivity index (χ3n) is 2.80. The van der Waals surface area contributed by atoms with Gasteiger partial charge < -0.3 is 10.8 Å². The molecule has 1 rings (SSSR count). The second-order valence-corrected chi connectivity index (χ2v) is 3.67. The van der Waals surface area contributed by atoms with E-state index in [0.717, 1.165) is 6.42 Å². The van der Waals surface area contributed by atoms with E-state index in [9.17, 15) is 0 Å². The third-order valence-corrected chi connectivity index (χ3v) is 2.80. The molecule has 0 amide bonds. The monoisotopic (exact) mass is 179 g/mol. The predicted molar refractivity (Wildman–Crippen MR) is 54.8 cm³/mol. The van der Waals surface area contributed by atoms with Gasteiger partial charge in [0.15, 0.2) is 0 Å². The standard InChI is InChI=1S/C11H17NO/c1-3-11(2,8-12)9-4-6-10(13)7-5-9/h4-7,13H,3,8,12H2,1-2H3. The average molecular weight is 179 g/mol. The maximum atomic E-state index is 9.14. The van der Waals surface area contributed by atoms with Crippen LogP contribution in [0.1, 0.15) is 25.8 Å². The highest BCUT2D eigenvalue weighted by atomic mass is 16.3. The molecule has 0 spiro atoms. The van der Waals surface area contributed by atoms with Gasteiger partial charge in [0.1, 0.15) is 5.75 Å². The van der Waals surface area contributed by atoms with Crippen LogP contribution in [0.5, 0.6) is 5.75 Å². The molecule has 2 heteroatoms. The minimum Gasteiger partial charge on any atom is -0.508 e. The molecule has 3 N–H and O–H groups in total. The van der Waals surface area contributed by atoms with Crippen molar-refractivity contribution in [3.8, 4) is 5.75 Å². The fourth-order valence-corrected chi connectivity index (χ4v) is 1.33. The lowest BCUT2D eigenvalue weighted by Crippen LogP contribution is -2.30.